The van der Waals surface area contributed by atoms with Crippen LogP contribution in [0.5, 0.6) is 0 Å². The molecule has 0 fully saturated rings. The van der Waals surface area contributed by atoms with Gasteiger partial charge in [0.1, 0.15) is 0 Å². The minimum absolute atomic E-state index is 0.121. The van der Waals surface area contributed by atoms with Crippen molar-refractivity contribution in [3.63, 3.8) is 0 Å². The van der Waals surface area contributed by atoms with Crippen molar-refractivity contribution in [2.24, 2.45) is 0 Å². The van der Waals surface area contributed by atoms with Crippen LogP contribution in [0.4, 0.5) is 5.69 Å². The quantitative estimate of drug-likeness (QED) is 0.893. The van der Waals surface area contributed by atoms with Crippen molar-refractivity contribution in [2.75, 3.05) is 5.32 Å². The Morgan fingerprint density at radius 3 is 2.55 bits per heavy atom. The average molecular weight is 270 g/mol. The number of hydrogen-bond donors (Lipinski definition) is 2. The second-order valence-corrected chi connectivity index (χ2v) is 4.38. The van der Waals surface area contributed by atoms with Crippen LogP contribution in [0.1, 0.15) is 21.5 Å². The number of nitrogens with one attached hydrogen (secondary N) is 1. The number of aromatic carboxylic acids is 1. The Labute approximate surface area is 116 Å². The molecule has 5 heteroatoms. The molecule has 0 saturated heterocycles. The van der Waals surface area contributed by atoms with Gasteiger partial charge in [-0.2, -0.15) is 0 Å². The summed E-state index contributed by atoms with van der Waals surface area (Å²) in [6.07, 6.45) is 3.39. The topological polar surface area (TPSA) is 79.3 Å². The summed E-state index contributed by atoms with van der Waals surface area (Å²) in [6.45, 7) is 1.70. The lowest BCUT2D eigenvalue weighted by molar-refractivity contribution is -0.115. The lowest BCUT2D eigenvalue weighted by Gasteiger charge is -2.10. The fourth-order valence-corrected chi connectivity index (χ4v) is 1.94. The fourth-order valence-electron chi connectivity index (χ4n) is 1.94. The Morgan fingerprint density at radius 2 is 1.90 bits per heavy atom. The smallest absolute Gasteiger partial charge is 0.338 e. The predicted octanol–water partition coefficient (Wildman–Crippen LogP) is 2.27. The van der Waals surface area contributed by atoms with Crippen LogP contribution in [0.15, 0.2) is 42.7 Å². The third-order valence-corrected chi connectivity index (χ3v) is 2.87. The van der Waals surface area contributed by atoms with E-state index in [4.69, 9.17) is 0 Å². The number of carbonyl (C=O) groups excluding carboxylic acids is 1. The van der Waals surface area contributed by atoms with Crippen LogP contribution in [0.25, 0.3) is 0 Å². The molecule has 0 radical (unpaired) electrons. The number of hydrogen-bond acceptors (Lipinski definition) is 3. The zero-order chi connectivity index (χ0) is 14.5. The molecule has 0 spiro atoms. The van der Waals surface area contributed by atoms with Crippen LogP contribution in [-0.4, -0.2) is 22.0 Å². The van der Waals surface area contributed by atoms with Gasteiger partial charge in [-0.15, -0.1) is 0 Å². The standard InChI is InChI=1S/C15H14N2O3/c1-10-3-2-4-12(14(10)15(19)20)17-13(18)9-11-5-7-16-8-6-11/h2-8H,9H2,1H3,(H,17,18)(H,19,20). The SMILES string of the molecule is Cc1cccc(NC(=O)Cc2ccncc2)c1C(=O)O. The maximum absolute atomic E-state index is 11.9. The number of aryl methyl sites for hydroxylation is 1. The lowest BCUT2D eigenvalue weighted by Crippen LogP contribution is -2.17. The van der Waals surface area contributed by atoms with Gasteiger partial charge in [-0.25, -0.2) is 4.79 Å². The van der Waals surface area contributed by atoms with Crippen LogP contribution in [-0.2, 0) is 11.2 Å². The third kappa shape index (κ3) is 3.20. The van der Waals surface area contributed by atoms with Gasteiger partial charge in [-0.3, -0.25) is 9.78 Å². The number of carboxylic acids is 1. The number of benzene rings is 1. The number of anilines is 1. The summed E-state index contributed by atoms with van der Waals surface area (Å²) in [4.78, 5) is 27.0. The molecule has 0 aliphatic heterocycles. The van der Waals surface area contributed by atoms with Crippen molar-refractivity contribution in [1.82, 2.24) is 4.98 Å². The Morgan fingerprint density at radius 1 is 1.20 bits per heavy atom. The first-order valence-corrected chi connectivity index (χ1v) is 6.09. The Hall–Kier alpha value is -2.69. The average Bonchev–Trinajstić information content (AvgIpc) is 2.39. The van der Waals surface area contributed by atoms with E-state index in [0.29, 0.717) is 11.3 Å². The molecular weight excluding hydrogens is 256 g/mol. The van der Waals surface area contributed by atoms with Crippen LogP contribution >= 0.6 is 0 Å². The third-order valence-electron chi connectivity index (χ3n) is 2.87. The van der Waals surface area contributed by atoms with Crippen LogP contribution in [0, 0.1) is 6.92 Å². The van der Waals surface area contributed by atoms with Crippen molar-refractivity contribution < 1.29 is 14.7 Å². The highest BCUT2D eigenvalue weighted by Gasteiger charge is 2.14. The first kappa shape index (κ1) is 13.7. The van der Waals surface area contributed by atoms with Gasteiger partial charge in [0.15, 0.2) is 0 Å². The molecule has 0 aliphatic carbocycles. The number of pyridine rings is 1. The van der Waals surface area contributed by atoms with Crippen LogP contribution < -0.4 is 5.32 Å². The van der Waals surface area contributed by atoms with Gasteiger partial charge in [-0.1, -0.05) is 12.1 Å². The predicted molar refractivity (Wildman–Crippen MR) is 74.7 cm³/mol. The summed E-state index contributed by atoms with van der Waals surface area (Å²) in [7, 11) is 0. The summed E-state index contributed by atoms with van der Waals surface area (Å²) in [6, 6.07) is 8.48. The Balaban J connectivity index is 2.16. The van der Waals surface area contributed by atoms with Crippen molar-refractivity contribution >= 4 is 17.6 Å². The Bertz CT molecular complexity index is 639. The number of carbonyl (C=O) groups is 2. The molecule has 102 valence electrons. The zero-order valence-electron chi connectivity index (χ0n) is 11.0. The zero-order valence-corrected chi connectivity index (χ0v) is 11.0. The maximum atomic E-state index is 11.9. The van der Waals surface area contributed by atoms with E-state index in [1.165, 1.54) is 0 Å². The highest BCUT2D eigenvalue weighted by molar-refractivity contribution is 6.02. The van der Waals surface area contributed by atoms with E-state index in [2.05, 4.69) is 10.3 Å². The summed E-state index contributed by atoms with van der Waals surface area (Å²) < 4.78 is 0. The summed E-state index contributed by atoms with van der Waals surface area (Å²) in [5.74, 6) is -1.31. The van der Waals surface area contributed by atoms with Crippen molar-refractivity contribution in [3.8, 4) is 0 Å². The number of aromatic nitrogens is 1. The highest BCUT2D eigenvalue weighted by atomic mass is 16.4. The number of nitrogens with zero attached hydrogens (tertiary/aromatic N) is 1. The minimum atomic E-state index is -1.05. The molecule has 1 heterocycles. The molecule has 0 unspecified atom stereocenters. The molecular formula is C15H14N2O3. The fraction of sp³-hybridized carbons (Fsp3) is 0.133. The van der Waals surface area contributed by atoms with Gasteiger partial charge in [0.05, 0.1) is 17.7 Å². The Kier molecular flexibility index (Phi) is 4.10. The molecule has 1 aromatic heterocycles. The van der Waals surface area contributed by atoms with E-state index in [-0.39, 0.29) is 17.9 Å². The summed E-state index contributed by atoms with van der Waals surface area (Å²) in [5.41, 5.74) is 1.87. The van der Waals surface area contributed by atoms with E-state index >= 15 is 0 Å². The molecule has 1 amide bonds. The molecule has 2 rings (SSSR count). The van der Waals surface area contributed by atoms with E-state index in [0.717, 1.165) is 5.56 Å². The molecule has 0 aliphatic rings. The monoisotopic (exact) mass is 270 g/mol. The summed E-state index contributed by atoms with van der Waals surface area (Å²) >= 11 is 0. The second-order valence-electron chi connectivity index (χ2n) is 4.38. The highest BCUT2D eigenvalue weighted by Crippen LogP contribution is 2.19. The van der Waals surface area contributed by atoms with Gasteiger partial charge >= 0.3 is 5.97 Å². The van der Waals surface area contributed by atoms with E-state index in [1.807, 2.05) is 0 Å². The molecule has 0 bridgehead atoms. The number of amides is 1. The molecule has 0 saturated carbocycles. The van der Waals surface area contributed by atoms with E-state index in [9.17, 15) is 14.7 Å². The molecule has 1 aromatic carbocycles. The van der Waals surface area contributed by atoms with Crippen LogP contribution in [0.2, 0.25) is 0 Å². The van der Waals surface area contributed by atoms with Crippen molar-refractivity contribution in [3.05, 3.63) is 59.4 Å². The van der Waals surface area contributed by atoms with Gasteiger partial charge in [0.2, 0.25) is 5.91 Å². The molecule has 0 atom stereocenters. The molecule has 20 heavy (non-hydrogen) atoms. The maximum Gasteiger partial charge on any atom is 0.338 e. The lowest BCUT2D eigenvalue weighted by atomic mass is 10.1. The van der Waals surface area contributed by atoms with Crippen molar-refractivity contribution in [1.29, 1.82) is 0 Å². The van der Waals surface area contributed by atoms with Crippen molar-refractivity contribution in [2.45, 2.75) is 13.3 Å². The molecule has 2 N–H and O–H groups in total. The largest absolute Gasteiger partial charge is 0.478 e. The molecule has 2 aromatic rings. The first-order valence-electron chi connectivity index (χ1n) is 6.09. The summed E-state index contributed by atoms with van der Waals surface area (Å²) in [5, 5.41) is 11.8. The second kappa shape index (κ2) is 5.97. The normalized spacial score (nSPS) is 10.1. The molecule has 5 nitrogen and oxygen atoms in total. The number of carboxylic acid groups (broad SMARTS) is 1. The van der Waals surface area contributed by atoms with Gasteiger partial charge in [-0.05, 0) is 36.2 Å². The van der Waals surface area contributed by atoms with Crippen LogP contribution in [0.3, 0.4) is 0 Å². The van der Waals surface area contributed by atoms with Gasteiger partial charge in [0.25, 0.3) is 0 Å². The first-order chi connectivity index (χ1) is 9.58. The minimum Gasteiger partial charge on any atom is -0.478 e. The van der Waals surface area contributed by atoms with E-state index in [1.54, 1.807) is 49.6 Å². The van der Waals surface area contributed by atoms with Gasteiger partial charge < -0.3 is 10.4 Å². The van der Waals surface area contributed by atoms with Gasteiger partial charge in [0, 0.05) is 12.4 Å². The number of rotatable bonds is 4. The van der Waals surface area contributed by atoms with E-state index < -0.39 is 5.97 Å².